The lowest BCUT2D eigenvalue weighted by atomic mass is 10.0. The first kappa shape index (κ1) is 17.3. The van der Waals surface area contributed by atoms with Gasteiger partial charge in [-0.3, -0.25) is 9.59 Å². The Labute approximate surface area is 137 Å². The van der Waals surface area contributed by atoms with Gasteiger partial charge in [-0.05, 0) is 37.6 Å². The van der Waals surface area contributed by atoms with Crippen LogP contribution in [0.2, 0.25) is 0 Å². The third-order valence-corrected chi connectivity index (χ3v) is 3.78. The first-order chi connectivity index (χ1) is 11.1. The molecule has 1 unspecified atom stereocenters. The molecule has 1 heterocycles. The monoisotopic (exact) mass is 319 g/mol. The van der Waals surface area contributed by atoms with Crippen LogP contribution in [0.1, 0.15) is 37.0 Å². The molecule has 0 aromatic heterocycles. The third-order valence-electron chi connectivity index (χ3n) is 3.78. The van der Waals surface area contributed by atoms with Crippen LogP contribution in [0.5, 0.6) is 5.75 Å². The summed E-state index contributed by atoms with van der Waals surface area (Å²) in [4.78, 5) is 23.4. The molecule has 0 aliphatic carbocycles. The molecule has 6 nitrogen and oxygen atoms in total. The topological polar surface area (TPSA) is 79.5 Å². The molecule has 1 aromatic rings. The highest BCUT2D eigenvalue weighted by Gasteiger charge is 2.19. The molecule has 6 heteroatoms. The van der Waals surface area contributed by atoms with Gasteiger partial charge in [0.1, 0.15) is 12.4 Å². The minimum Gasteiger partial charge on any atom is -0.490 e. The minimum absolute atomic E-state index is 0.0307. The van der Waals surface area contributed by atoms with Gasteiger partial charge in [-0.25, -0.2) is 0 Å². The number of rotatable bonds is 8. The number of Topliss-reactive ketones (excluding diaryl/α,β-unsaturated/α-hetero) is 1. The summed E-state index contributed by atoms with van der Waals surface area (Å²) in [5, 5.41) is 9.26. The van der Waals surface area contributed by atoms with Crippen LogP contribution in [0, 0.1) is 0 Å². The predicted molar refractivity (Wildman–Crippen MR) is 90.1 cm³/mol. The maximum absolute atomic E-state index is 12.6. The van der Waals surface area contributed by atoms with Crippen molar-refractivity contribution in [3.8, 4) is 5.75 Å². The molecule has 0 saturated carbocycles. The Morgan fingerprint density at radius 1 is 1.35 bits per heavy atom. The summed E-state index contributed by atoms with van der Waals surface area (Å²) in [6.45, 7) is 6.20. The Balaban J connectivity index is 1.90. The number of hydrogen-bond donors (Lipinski definition) is 3. The van der Waals surface area contributed by atoms with Crippen molar-refractivity contribution < 1.29 is 14.3 Å². The van der Waals surface area contributed by atoms with Gasteiger partial charge in [0.25, 0.3) is 0 Å². The molecule has 2 rings (SSSR count). The zero-order chi connectivity index (χ0) is 16.7. The van der Waals surface area contributed by atoms with Crippen LogP contribution in [-0.2, 0) is 4.79 Å². The Morgan fingerprint density at radius 3 is 2.91 bits per heavy atom. The number of ether oxygens (including phenoxy) is 1. The highest BCUT2D eigenvalue weighted by molar-refractivity contribution is 6.01. The van der Waals surface area contributed by atoms with E-state index in [-0.39, 0.29) is 17.7 Å². The van der Waals surface area contributed by atoms with Crippen molar-refractivity contribution in [3.63, 3.8) is 0 Å². The van der Waals surface area contributed by atoms with Crippen molar-refractivity contribution in [2.45, 2.75) is 32.7 Å². The summed E-state index contributed by atoms with van der Waals surface area (Å²) >= 11 is 0. The number of carbonyl (C=O) groups excluding carboxylic acids is 2. The van der Waals surface area contributed by atoms with Crippen LogP contribution in [0.3, 0.4) is 0 Å². The van der Waals surface area contributed by atoms with Gasteiger partial charge < -0.3 is 20.7 Å². The Hall–Kier alpha value is -2.08. The quantitative estimate of drug-likeness (QED) is 0.501. The fourth-order valence-electron chi connectivity index (χ4n) is 2.55. The smallest absolute Gasteiger partial charge is 0.216 e. The van der Waals surface area contributed by atoms with Crippen LogP contribution < -0.4 is 20.7 Å². The van der Waals surface area contributed by atoms with E-state index < -0.39 is 0 Å². The fraction of sp³-hybridized carbons (Fsp3) is 0.529. The Morgan fingerprint density at radius 2 is 2.17 bits per heavy atom. The van der Waals surface area contributed by atoms with Gasteiger partial charge in [0.2, 0.25) is 5.91 Å². The SMILES string of the molecule is CCC(NCCCNC(C)=O)C(=O)c1ccc2c(c1)NCCO2. The molecule has 1 amide bonds. The van der Waals surface area contributed by atoms with Gasteiger partial charge >= 0.3 is 0 Å². The van der Waals surface area contributed by atoms with Crippen LogP contribution in [0.25, 0.3) is 0 Å². The molecule has 1 aliphatic heterocycles. The Bertz CT molecular complexity index is 560. The lowest BCUT2D eigenvalue weighted by molar-refractivity contribution is -0.118. The molecule has 0 saturated heterocycles. The molecule has 23 heavy (non-hydrogen) atoms. The van der Waals surface area contributed by atoms with E-state index in [0.29, 0.717) is 25.3 Å². The molecule has 1 atom stereocenters. The van der Waals surface area contributed by atoms with Crippen molar-refractivity contribution in [2.24, 2.45) is 0 Å². The van der Waals surface area contributed by atoms with Gasteiger partial charge in [-0.2, -0.15) is 0 Å². The van der Waals surface area contributed by atoms with E-state index in [2.05, 4.69) is 16.0 Å². The van der Waals surface area contributed by atoms with E-state index in [9.17, 15) is 9.59 Å². The third kappa shape index (κ3) is 4.96. The molecule has 1 aliphatic rings. The summed E-state index contributed by atoms with van der Waals surface area (Å²) in [5.74, 6) is 0.850. The van der Waals surface area contributed by atoms with Gasteiger partial charge in [0.15, 0.2) is 5.78 Å². The maximum atomic E-state index is 12.6. The summed E-state index contributed by atoms with van der Waals surface area (Å²) in [6.07, 6.45) is 1.52. The first-order valence-corrected chi connectivity index (χ1v) is 8.14. The number of benzene rings is 1. The maximum Gasteiger partial charge on any atom is 0.216 e. The van der Waals surface area contributed by atoms with Crippen molar-refractivity contribution in [1.82, 2.24) is 10.6 Å². The van der Waals surface area contributed by atoms with Gasteiger partial charge in [0.05, 0.1) is 11.7 Å². The van der Waals surface area contributed by atoms with Crippen LogP contribution >= 0.6 is 0 Å². The fourth-order valence-corrected chi connectivity index (χ4v) is 2.55. The number of nitrogens with one attached hydrogen (secondary N) is 3. The molecule has 0 fully saturated rings. The van der Waals surface area contributed by atoms with E-state index >= 15 is 0 Å². The van der Waals surface area contributed by atoms with Gasteiger partial charge in [-0.1, -0.05) is 6.92 Å². The molecular weight excluding hydrogens is 294 g/mol. The predicted octanol–water partition coefficient (Wildman–Crippen LogP) is 1.57. The molecular formula is C17H25N3O3. The van der Waals surface area contributed by atoms with Gasteiger partial charge in [0, 0.05) is 25.6 Å². The second kappa shape index (κ2) is 8.53. The van der Waals surface area contributed by atoms with Crippen molar-refractivity contribution in [1.29, 1.82) is 0 Å². The standard InChI is InChI=1S/C17H25N3O3/c1-3-14(19-8-4-7-18-12(2)21)17(22)13-5-6-16-15(11-13)20-9-10-23-16/h5-6,11,14,19-20H,3-4,7-10H2,1-2H3,(H,18,21). The van der Waals surface area contributed by atoms with Crippen molar-refractivity contribution in [3.05, 3.63) is 23.8 Å². The Kier molecular flexibility index (Phi) is 6.40. The summed E-state index contributed by atoms with van der Waals surface area (Å²) < 4.78 is 5.53. The van der Waals surface area contributed by atoms with Crippen LogP contribution in [-0.4, -0.2) is 44.0 Å². The molecule has 0 spiro atoms. The van der Waals surface area contributed by atoms with Crippen molar-refractivity contribution in [2.75, 3.05) is 31.6 Å². The largest absolute Gasteiger partial charge is 0.490 e. The van der Waals surface area contributed by atoms with E-state index in [0.717, 1.165) is 30.8 Å². The van der Waals surface area contributed by atoms with E-state index in [1.807, 2.05) is 25.1 Å². The van der Waals surface area contributed by atoms with Gasteiger partial charge in [-0.15, -0.1) is 0 Å². The normalized spacial score (nSPS) is 14.2. The van der Waals surface area contributed by atoms with E-state index in [1.54, 1.807) is 0 Å². The summed E-state index contributed by atoms with van der Waals surface area (Å²) in [5.41, 5.74) is 1.56. The molecule has 126 valence electrons. The molecule has 0 radical (unpaired) electrons. The average molecular weight is 319 g/mol. The van der Waals surface area contributed by atoms with Crippen LogP contribution in [0.4, 0.5) is 5.69 Å². The highest BCUT2D eigenvalue weighted by atomic mass is 16.5. The lowest BCUT2D eigenvalue weighted by Gasteiger charge is -2.21. The second-order valence-corrected chi connectivity index (χ2v) is 5.60. The van der Waals surface area contributed by atoms with Crippen LogP contribution in [0.15, 0.2) is 18.2 Å². The molecule has 3 N–H and O–H groups in total. The number of fused-ring (bicyclic) bond motifs is 1. The zero-order valence-corrected chi connectivity index (χ0v) is 13.8. The number of ketones is 1. The number of anilines is 1. The first-order valence-electron chi connectivity index (χ1n) is 8.14. The average Bonchev–Trinajstić information content (AvgIpc) is 2.57. The summed E-state index contributed by atoms with van der Waals surface area (Å²) in [7, 11) is 0. The molecule has 0 bridgehead atoms. The van der Waals surface area contributed by atoms with Crippen molar-refractivity contribution >= 4 is 17.4 Å². The minimum atomic E-state index is -0.213. The molecule has 1 aromatic carbocycles. The highest BCUT2D eigenvalue weighted by Crippen LogP contribution is 2.28. The summed E-state index contributed by atoms with van der Waals surface area (Å²) in [6, 6.07) is 5.31. The number of carbonyl (C=O) groups is 2. The second-order valence-electron chi connectivity index (χ2n) is 5.60. The van der Waals surface area contributed by atoms with E-state index in [4.69, 9.17) is 4.74 Å². The lowest BCUT2D eigenvalue weighted by Crippen LogP contribution is -2.38. The number of hydrogen-bond acceptors (Lipinski definition) is 5. The van der Waals surface area contributed by atoms with E-state index in [1.165, 1.54) is 6.92 Å². The zero-order valence-electron chi connectivity index (χ0n) is 13.8. The number of amides is 1.